The van der Waals surface area contributed by atoms with Crippen molar-refractivity contribution >= 4 is 27.2 Å². The number of benzene rings is 2. The maximum Gasteiger partial charge on any atom is 0.230 e. The molecule has 0 bridgehead atoms. The van der Waals surface area contributed by atoms with Gasteiger partial charge in [-0.15, -0.1) is 0 Å². The fraction of sp³-hybridized carbons (Fsp3) is 0.321. The molecule has 3 aromatic rings. The highest BCUT2D eigenvalue weighted by Crippen LogP contribution is 2.31. The average Bonchev–Trinajstić information content (AvgIpc) is 2.87. The largest absolute Gasteiger partial charge is 0.438 e. The third-order valence-electron chi connectivity index (χ3n) is 6.36. The second-order valence-corrected chi connectivity index (χ2v) is 11.4. The van der Waals surface area contributed by atoms with Crippen LogP contribution in [0.4, 0.5) is 11.6 Å². The van der Waals surface area contributed by atoms with Crippen molar-refractivity contribution in [2.24, 2.45) is 0 Å². The van der Waals surface area contributed by atoms with Crippen LogP contribution in [0.2, 0.25) is 0 Å². The van der Waals surface area contributed by atoms with Gasteiger partial charge < -0.3 is 10.1 Å². The Labute approximate surface area is 224 Å². The summed E-state index contributed by atoms with van der Waals surface area (Å²) >= 11 is 0. The zero-order valence-corrected chi connectivity index (χ0v) is 22.7. The number of aryl methyl sites for hydroxylation is 2. The molecule has 1 fully saturated rings. The van der Waals surface area contributed by atoms with E-state index in [1.165, 1.54) is 11.8 Å². The molecule has 1 aliphatic rings. The second kappa shape index (κ2) is 11.7. The normalized spacial score (nSPS) is 14.6. The van der Waals surface area contributed by atoms with Gasteiger partial charge in [0.05, 0.1) is 17.9 Å². The molecule has 38 heavy (non-hydrogen) atoms. The van der Waals surface area contributed by atoms with Crippen LogP contribution >= 0.6 is 0 Å². The Hall–Kier alpha value is -3.78. The first-order valence-electron chi connectivity index (χ1n) is 12.4. The van der Waals surface area contributed by atoms with Crippen LogP contribution in [0.1, 0.15) is 35.1 Å². The molecule has 10 heteroatoms. The smallest absolute Gasteiger partial charge is 0.230 e. The number of anilines is 2. The Morgan fingerprint density at radius 1 is 1.16 bits per heavy atom. The van der Waals surface area contributed by atoms with E-state index in [2.05, 4.69) is 49.7 Å². The quantitative estimate of drug-likeness (QED) is 0.381. The van der Waals surface area contributed by atoms with Crippen molar-refractivity contribution in [3.05, 3.63) is 77.5 Å². The van der Waals surface area contributed by atoms with E-state index in [1.54, 1.807) is 12.3 Å². The van der Waals surface area contributed by atoms with E-state index >= 15 is 0 Å². The first-order chi connectivity index (χ1) is 18.1. The van der Waals surface area contributed by atoms with Gasteiger partial charge in [-0.3, -0.25) is 4.90 Å². The topological polar surface area (TPSA) is 120 Å². The molecule has 0 unspecified atom stereocenters. The van der Waals surface area contributed by atoms with Crippen LogP contribution in [-0.2, 0) is 16.6 Å². The number of allylic oxidation sites excluding steroid dienone is 1. The van der Waals surface area contributed by atoms with Gasteiger partial charge in [-0.2, -0.15) is 10.2 Å². The Morgan fingerprint density at radius 2 is 1.82 bits per heavy atom. The molecule has 9 nitrogen and oxygen atoms in total. The van der Waals surface area contributed by atoms with Crippen molar-refractivity contribution in [3.8, 4) is 17.7 Å². The lowest BCUT2D eigenvalue weighted by Crippen LogP contribution is -2.43. The summed E-state index contributed by atoms with van der Waals surface area (Å²) in [4.78, 5) is 11.1. The number of ether oxygens (including phenoxy) is 1. The molecule has 4 rings (SSSR count). The number of hydrogen-bond donors (Lipinski definition) is 2. The summed E-state index contributed by atoms with van der Waals surface area (Å²) in [6.45, 7) is 10.1. The minimum atomic E-state index is -3.17. The number of nitrogens with zero attached hydrogens (tertiary/aromatic N) is 4. The van der Waals surface area contributed by atoms with Gasteiger partial charge in [-0.05, 0) is 73.2 Å². The van der Waals surface area contributed by atoms with E-state index in [0.717, 1.165) is 54.9 Å². The van der Waals surface area contributed by atoms with E-state index in [0.29, 0.717) is 23.2 Å². The van der Waals surface area contributed by atoms with Crippen LogP contribution in [0.5, 0.6) is 11.6 Å². The molecule has 1 aliphatic heterocycles. The minimum Gasteiger partial charge on any atom is -0.438 e. The van der Waals surface area contributed by atoms with Crippen molar-refractivity contribution in [3.63, 3.8) is 0 Å². The third kappa shape index (κ3) is 7.38. The van der Waals surface area contributed by atoms with Crippen LogP contribution in [0.3, 0.4) is 0 Å². The molecule has 1 saturated heterocycles. The van der Waals surface area contributed by atoms with Gasteiger partial charge in [0.25, 0.3) is 0 Å². The summed E-state index contributed by atoms with van der Waals surface area (Å²) in [5.41, 5.74) is 4.99. The number of likely N-dealkylation sites (tertiary alicyclic amines) is 1. The van der Waals surface area contributed by atoms with Crippen molar-refractivity contribution in [2.75, 3.05) is 24.7 Å². The predicted molar refractivity (Wildman–Crippen MR) is 149 cm³/mol. The lowest BCUT2D eigenvalue weighted by molar-refractivity contribution is 0.200. The Bertz CT molecular complexity index is 1430. The van der Waals surface area contributed by atoms with Crippen LogP contribution in [0.25, 0.3) is 5.57 Å². The lowest BCUT2D eigenvalue weighted by atomic mass is 10.0. The van der Waals surface area contributed by atoms with E-state index in [1.807, 2.05) is 38.1 Å². The average molecular weight is 533 g/mol. The molecule has 1 aromatic heterocycles. The summed E-state index contributed by atoms with van der Waals surface area (Å²) in [6.07, 6.45) is 4.46. The maximum absolute atomic E-state index is 11.4. The molecule has 2 heterocycles. The van der Waals surface area contributed by atoms with Gasteiger partial charge in [0.1, 0.15) is 5.75 Å². The van der Waals surface area contributed by atoms with Crippen molar-refractivity contribution < 1.29 is 13.2 Å². The summed E-state index contributed by atoms with van der Waals surface area (Å²) < 4.78 is 31.7. The number of piperidine rings is 1. The minimum absolute atomic E-state index is 0.0170. The zero-order chi connectivity index (χ0) is 27.3. The Balaban J connectivity index is 1.35. The van der Waals surface area contributed by atoms with Crippen LogP contribution in [-0.4, -0.2) is 48.7 Å². The van der Waals surface area contributed by atoms with E-state index in [4.69, 9.17) is 10.00 Å². The van der Waals surface area contributed by atoms with E-state index in [-0.39, 0.29) is 6.04 Å². The number of aromatic nitrogens is 2. The Kier molecular flexibility index (Phi) is 8.42. The molecular weight excluding hydrogens is 500 g/mol. The molecule has 198 valence electrons. The first kappa shape index (κ1) is 27.3. The monoisotopic (exact) mass is 532 g/mol. The fourth-order valence-corrected chi connectivity index (χ4v) is 5.35. The van der Waals surface area contributed by atoms with Gasteiger partial charge in [0.15, 0.2) is 0 Å². The third-order valence-corrected chi connectivity index (χ3v) is 7.13. The van der Waals surface area contributed by atoms with Crippen molar-refractivity contribution in [1.29, 1.82) is 5.26 Å². The fourth-order valence-electron chi connectivity index (χ4n) is 4.51. The summed E-state index contributed by atoms with van der Waals surface area (Å²) in [7, 11) is -3.17. The molecule has 0 saturated carbocycles. The molecule has 0 radical (unpaired) electrons. The molecule has 0 spiro atoms. The van der Waals surface area contributed by atoms with E-state index < -0.39 is 10.0 Å². The number of sulfonamides is 1. The molecule has 0 atom stereocenters. The molecule has 0 amide bonds. The van der Waals surface area contributed by atoms with Gasteiger partial charge >= 0.3 is 0 Å². The molecule has 2 N–H and O–H groups in total. The summed E-state index contributed by atoms with van der Waals surface area (Å²) in [6, 6.07) is 15.7. The number of rotatable bonds is 9. The highest BCUT2D eigenvalue weighted by molar-refractivity contribution is 7.88. The van der Waals surface area contributed by atoms with Crippen LogP contribution in [0, 0.1) is 25.2 Å². The number of nitriles is 1. The molecule has 0 aliphatic carbocycles. The Morgan fingerprint density at radius 3 is 2.42 bits per heavy atom. The molecular formula is C28H32N6O3S. The molecule has 2 aromatic carbocycles. The van der Waals surface area contributed by atoms with Gasteiger partial charge in [-0.25, -0.2) is 18.1 Å². The highest BCUT2D eigenvalue weighted by Gasteiger charge is 2.21. The summed E-state index contributed by atoms with van der Waals surface area (Å²) in [5, 5.41) is 12.3. The van der Waals surface area contributed by atoms with Crippen molar-refractivity contribution in [2.45, 2.75) is 39.3 Å². The summed E-state index contributed by atoms with van der Waals surface area (Å²) in [5.74, 6) is 1.51. The van der Waals surface area contributed by atoms with E-state index in [9.17, 15) is 8.42 Å². The first-order valence-corrected chi connectivity index (χ1v) is 14.3. The van der Waals surface area contributed by atoms with Crippen molar-refractivity contribution in [1.82, 2.24) is 19.6 Å². The van der Waals surface area contributed by atoms with Gasteiger partial charge in [-0.1, -0.05) is 18.7 Å². The second-order valence-electron chi connectivity index (χ2n) is 9.61. The maximum atomic E-state index is 11.4. The number of hydrogen-bond acceptors (Lipinski definition) is 8. The van der Waals surface area contributed by atoms with Gasteiger partial charge in [0.2, 0.25) is 21.9 Å². The van der Waals surface area contributed by atoms with Crippen LogP contribution in [0.15, 0.2) is 55.2 Å². The standard InChI is InChI=1S/C28H32N6O3S/c1-19-15-23(21(3)17-29)16-20(2)27(19)37-26-9-12-30-28(32-26)31-24-7-5-22(6-8-24)18-34-13-10-25(11-14-34)33-38(4,35)36/h5-9,12,15-16,25,33H,3,10-11,13-14,18H2,1-2,4H3,(H,30,31,32). The SMILES string of the molecule is C=C(C#N)c1cc(C)c(Oc2ccnc(Nc3ccc(CN4CCC(NS(C)(=O)=O)CC4)cc3)n2)c(C)c1. The zero-order valence-electron chi connectivity index (χ0n) is 21.9. The van der Waals surface area contributed by atoms with Crippen LogP contribution < -0.4 is 14.8 Å². The lowest BCUT2D eigenvalue weighted by Gasteiger charge is -2.31. The number of nitrogens with one attached hydrogen (secondary N) is 2. The van der Waals surface area contributed by atoms with Gasteiger partial charge in [0, 0.05) is 43.6 Å². The predicted octanol–water partition coefficient (Wildman–Crippen LogP) is 4.68. The highest BCUT2D eigenvalue weighted by atomic mass is 32.2.